The number of likely N-dealkylation sites (tertiary alicyclic amines) is 2. The first-order valence-electron chi connectivity index (χ1n) is 9.78. The maximum Gasteiger partial charge on any atom is 1.00 e. The largest absolute Gasteiger partial charge is 1.00 e. The monoisotopic (exact) mass is 409 g/mol. The van der Waals surface area contributed by atoms with Crippen LogP contribution in [-0.4, -0.2) is 70.1 Å². The van der Waals surface area contributed by atoms with Gasteiger partial charge < -0.3 is 24.6 Å². The van der Waals surface area contributed by atoms with E-state index in [9.17, 15) is 24.3 Å². The van der Waals surface area contributed by atoms with Crippen molar-refractivity contribution >= 4 is 23.7 Å². The van der Waals surface area contributed by atoms with E-state index in [1.54, 1.807) is 11.0 Å². The molecule has 9 heteroatoms. The summed E-state index contributed by atoms with van der Waals surface area (Å²) in [5.41, 5.74) is 0.943. The molecule has 0 aromatic carbocycles. The van der Waals surface area contributed by atoms with Crippen LogP contribution in [0.25, 0.3) is 0 Å². The van der Waals surface area contributed by atoms with Gasteiger partial charge in [-0.3, -0.25) is 14.4 Å². The SMILES string of the molecule is CC(=O)N1CCC2C(/C=C3\CCN(CC(C)C)C3=O)=C(C(=O)[O-])N3C(=O)[C@@H]1[C@@H]23.[Na+]. The topological polar surface area (TPSA) is 101 Å². The summed E-state index contributed by atoms with van der Waals surface area (Å²) < 4.78 is 0. The van der Waals surface area contributed by atoms with Crippen LogP contribution in [0, 0.1) is 11.8 Å². The summed E-state index contributed by atoms with van der Waals surface area (Å²) in [6.07, 6.45) is 2.79. The molecule has 0 aliphatic carbocycles. The molecule has 3 atom stereocenters. The smallest absolute Gasteiger partial charge is 0.543 e. The molecule has 1 unspecified atom stereocenters. The van der Waals surface area contributed by atoms with Crippen molar-refractivity contribution in [2.24, 2.45) is 11.8 Å². The molecule has 0 spiro atoms. The number of carbonyl (C=O) groups excluding carboxylic acids is 4. The van der Waals surface area contributed by atoms with E-state index in [0.29, 0.717) is 49.5 Å². The van der Waals surface area contributed by atoms with Crippen molar-refractivity contribution in [2.75, 3.05) is 19.6 Å². The van der Waals surface area contributed by atoms with Crippen molar-refractivity contribution < 1.29 is 53.8 Å². The number of β-lactam (4-membered cyclic amide) rings is 1. The van der Waals surface area contributed by atoms with Gasteiger partial charge in [0.2, 0.25) is 11.8 Å². The van der Waals surface area contributed by atoms with Gasteiger partial charge in [0, 0.05) is 38.0 Å². The quantitative estimate of drug-likeness (QED) is 0.270. The minimum atomic E-state index is -1.41. The molecule has 29 heavy (non-hydrogen) atoms. The fraction of sp³-hybridized carbons (Fsp3) is 0.600. The molecule has 0 bridgehead atoms. The molecule has 0 radical (unpaired) electrons. The number of carboxylic acid groups (broad SMARTS) is 1. The number of aliphatic carboxylic acids is 1. The van der Waals surface area contributed by atoms with Gasteiger partial charge in [-0.15, -0.1) is 0 Å². The van der Waals surface area contributed by atoms with Gasteiger partial charge in [-0.2, -0.15) is 0 Å². The maximum absolute atomic E-state index is 12.7. The van der Waals surface area contributed by atoms with Crippen LogP contribution in [-0.2, 0) is 19.2 Å². The van der Waals surface area contributed by atoms with Crippen molar-refractivity contribution in [1.29, 1.82) is 0 Å². The van der Waals surface area contributed by atoms with E-state index in [-0.39, 0.29) is 64.9 Å². The van der Waals surface area contributed by atoms with Gasteiger partial charge in [0.25, 0.3) is 5.91 Å². The third-order valence-corrected chi connectivity index (χ3v) is 6.18. The molecule has 0 aromatic rings. The van der Waals surface area contributed by atoms with Crippen LogP contribution in [0.5, 0.6) is 0 Å². The summed E-state index contributed by atoms with van der Waals surface area (Å²) >= 11 is 0. The Morgan fingerprint density at radius 3 is 2.52 bits per heavy atom. The van der Waals surface area contributed by atoms with Crippen LogP contribution in [0.2, 0.25) is 0 Å². The number of rotatable bonds is 4. The average molecular weight is 409 g/mol. The molecule has 3 amide bonds. The van der Waals surface area contributed by atoms with Crippen molar-refractivity contribution in [2.45, 2.75) is 45.7 Å². The first-order valence-corrected chi connectivity index (χ1v) is 9.78. The normalized spacial score (nSPS) is 29.4. The van der Waals surface area contributed by atoms with Crippen LogP contribution in [0.15, 0.2) is 22.9 Å². The van der Waals surface area contributed by atoms with Gasteiger partial charge in [0.15, 0.2) is 0 Å². The Labute approximate surface area is 191 Å². The zero-order valence-corrected chi connectivity index (χ0v) is 19.3. The predicted octanol–water partition coefficient (Wildman–Crippen LogP) is -3.73. The molecule has 150 valence electrons. The first kappa shape index (κ1) is 22.1. The van der Waals surface area contributed by atoms with Crippen molar-refractivity contribution in [3.8, 4) is 0 Å². The van der Waals surface area contributed by atoms with Gasteiger partial charge in [-0.05, 0) is 30.4 Å². The van der Waals surface area contributed by atoms with Crippen LogP contribution in [0.4, 0.5) is 0 Å². The van der Waals surface area contributed by atoms with Gasteiger partial charge in [-0.25, -0.2) is 0 Å². The molecule has 4 aliphatic rings. The third kappa shape index (κ3) is 3.35. The molecule has 0 N–H and O–H groups in total. The molecule has 4 aliphatic heterocycles. The second-order valence-corrected chi connectivity index (χ2v) is 8.41. The second-order valence-electron chi connectivity index (χ2n) is 8.41. The van der Waals surface area contributed by atoms with Crippen LogP contribution < -0.4 is 34.7 Å². The van der Waals surface area contributed by atoms with E-state index in [4.69, 9.17) is 0 Å². The molecule has 0 saturated carbocycles. The maximum atomic E-state index is 12.7. The standard InChI is InChI=1S/C20H25N3O5.Na/c1-10(2)9-21-6-4-12(18(21)25)8-14-13-5-7-22(11(3)24)17-15(13)23(19(17)26)16(14)20(27)28;/h8,10,13,15,17H,4-7,9H2,1-3H3,(H,27,28);/q;+1/p-1/b12-8+;/t13?,15-,17+;/m1./s1. The molecule has 3 fully saturated rings. The summed E-state index contributed by atoms with van der Waals surface area (Å²) in [4.78, 5) is 53.6. The van der Waals surface area contributed by atoms with Crippen molar-refractivity contribution in [1.82, 2.24) is 14.7 Å². The van der Waals surface area contributed by atoms with Gasteiger partial charge in [-0.1, -0.05) is 13.8 Å². The Balaban J connectivity index is 0.00000240. The summed E-state index contributed by atoms with van der Waals surface area (Å²) in [7, 11) is 0. The molecule has 4 rings (SSSR count). The minimum absolute atomic E-state index is 0. The summed E-state index contributed by atoms with van der Waals surface area (Å²) in [6.45, 7) is 7.19. The number of allylic oxidation sites excluding steroid dienone is 1. The summed E-state index contributed by atoms with van der Waals surface area (Å²) in [5.74, 6) is -1.89. The molecule has 8 nitrogen and oxygen atoms in total. The van der Waals surface area contributed by atoms with Crippen LogP contribution in [0.1, 0.15) is 33.6 Å². The van der Waals surface area contributed by atoms with E-state index in [1.165, 1.54) is 16.7 Å². The fourth-order valence-electron chi connectivity index (χ4n) is 5.06. The Bertz CT molecular complexity index is 849. The summed E-state index contributed by atoms with van der Waals surface area (Å²) in [5, 5.41) is 11.8. The first-order chi connectivity index (χ1) is 13.2. The van der Waals surface area contributed by atoms with Crippen molar-refractivity contribution in [3.63, 3.8) is 0 Å². The fourth-order valence-corrected chi connectivity index (χ4v) is 5.06. The van der Waals surface area contributed by atoms with E-state index in [2.05, 4.69) is 0 Å². The number of nitrogens with zero attached hydrogens (tertiary/aromatic N) is 3. The number of hydrogen-bond acceptors (Lipinski definition) is 5. The third-order valence-electron chi connectivity index (χ3n) is 6.18. The molecule has 0 aromatic heterocycles. The van der Waals surface area contributed by atoms with E-state index < -0.39 is 12.0 Å². The Morgan fingerprint density at radius 2 is 1.93 bits per heavy atom. The van der Waals surface area contributed by atoms with Crippen molar-refractivity contribution in [3.05, 3.63) is 22.9 Å². The van der Waals surface area contributed by atoms with Gasteiger partial charge in [0.1, 0.15) is 6.04 Å². The molecule has 4 heterocycles. The van der Waals surface area contributed by atoms with E-state index in [1.807, 2.05) is 13.8 Å². The van der Waals surface area contributed by atoms with Gasteiger partial charge >= 0.3 is 29.6 Å². The zero-order valence-electron chi connectivity index (χ0n) is 17.3. The van der Waals surface area contributed by atoms with Crippen LogP contribution in [0.3, 0.4) is 0 Å². The molecular formula is C20H24N3NaO5. The number of piperidine rings is 1. The second kappa shape index (κ2) is 7.89. The number of amides is 3. The number of hydrogen-bond donors (Lipinski definition) is 0. The van der Waals surface area contributed by atoms with E-state index >= 15 is 0 Å². The van der Waals surface area contributed by atoms with Crippen LogP contribution >= 0.6 is 0 Å². The number of carboxylic acids is 1. The zero-order chi connectivity index (χ0) is 20.3. The Hall–Kier alpha value is -1.64. The predicted molar refractivity (Wildman–Crippen MR) is 96.1 cm³/mol. The molecule has 3 saturated heterocycles. The average Bonchev–Trinajstić information content (AvgIpc) is 3.12. The Kier molecular flexibility index (Phi) is 6.00. The van der Waals surface area contributed by atoms with Gasteiger partial charge in [0.05, 0.1) is 17.7 Å². The minimum Gasteiger partial charge on any atom is -0.543 e. The van der Waals surface area contributed by atoms with E-state index in [0.717, 1.165) is 0 Å². The molecular weight excluding hydrogens is 385 g/mol. The number of carbonyl (C=O) groups is 4. The summed E-state index contributed by atoms with van der Waals surface area (Å²) in [6, 6.07) is -0.980. The Morgan fingerprint density at radius 1 is 1.24 bits per heavy atom.